The molecule has 1 aliphatic heterocycles. The number of nitrogens with one attached hydrogen (secondary N) is 1. The van der Waals surface area contributed by atoms with Gasteiger partial charge in [0, 0.05) is 42.6 Å². The summed E-state index contributed by atoms with van der Waals surface area (Å²) in [6.45, 7) is 1.32. The van der Waals surface area contributed by atoms with Gasteiger partial charge >= 0.3 is 0 Å². The predicted molar refractivity (Wildman–Crippen MR) is 112 cm³/mol. The number of amides is 1. The molecule has 1 amide bonds. The van der Waals surface area contributed by atoms with E-state index in [1.807, 2.05) is 29.2 Å². The Morgan fingerprint density at radius 3 is 2.66 bits per heavy atom. The van der Waals surface area contributed by atoms with Crippen molar-refractivity contribution in [3.8, 4) is 0 Å². The molecule has 0 saturated heterocycles. The highest BCUT2D eigenvalue weighted by Gasteiger charge is 2.22. The molecule has 0 spiro atoms. The van der Waals surface area contributed by atoms with Crippen LogP contribution in [-0.4, -0.2) is 44.2 Å². The maximum atomic E-state index is 12.4. The third-order valence-electron chi connectivity index (χ3n) is 4.57. The highest BCUT2D eigenvalue weighted by Crippen LogP contribution is 2.31. The standard InChI is InChI=1S/C19H17Cl2N7O/c1-27-25-19(24-26-27)28-9-7-16(20)15(11-28)12-2-4-13(5-3-12)23-18(29)14-6-8-22-10-17(14)21/h2-6,8,10H,7,9,11H2,1H3,(H,23,29). The second kappa shape index (κ2) is 8.18. The number of aromatic nitrogens is 5. The summed E-state index contributed by atoms with van der Waals surface area (Å²) < 4.78 is 0. The largest absolute Gasteiger partial charge is 0.333 e. The lowest BCUT2D eigenvalue weighted by molar-refractivity contribution is 0.102. The van der Waals surface area contributed by atoms with Gasteiger partial charge in [0.05, 0.1) is 17.6 Å². The Morgan fingerprint density at radius 2 is 1.97 bits per heavy atom. The average Bonchev–Trinajstić information content (AvgIpc) is 3.16. The molecular formula is C19H17Cl2N7O. The SMILES string of the molecule is Cn1nnc(N2CCC(Cl)=C(c3ccc(NC(=O)c4ccncc4Cl)cc3)C2)n1. The zero-order valence-electron chi connectivity index (χ0n) is 15.5. The van der Waals surface area contributed by atoms with Gasteiger partial charge < -0.3 is 10.2 Å². The van der Waals surface area contributed by atoms with Crippen LogP contribution in [0.2, 0.25) is 5.02 Å². The summed E-state index contributed by atoms with van der Waals surface area (Å²) in [4.78, 5) is 19.7. The van der Waals surface area contributed by atoms with E-state index in [4.69, 9.17) is 23.2 Å². The van der Waals surface area contributed by atoms with Crippen molar-refractivity contribution < 1.29 is 4.79 Å². The lowest BCUT2D eigenvalue weighted by Crippen LogP contribution is -2.31. The number of benzene rings is 1. The van der Waals surface area contributed by atoms with Gasteiger partial charge in [-0.15, -0.1) is 5.10 Å². The molecule has 3 heterocycles. The van der Waals surface area contributed by atoms with Gasteiger partial charge in [0.25, 0.3) is 11.9 Å². The Morgan fingerprint density at radius 1 is 1.17 bits per heavy atom. The minimum atomic E-state index is -0.292. The smallest absolute Gasteiger partial charge is 0.266 e. The highest BCUT2D eigenvalue weighted by atomic mass is 35.5. The molecule has 0 aliphatic carbocycles. The van der Waals surface area contributed by atoms with Crippen LogP contribution in [0.25, 0.3) is 5.57 Å². The minimum absolute atomic E-state index is 0.292. The predicted octanol–water partition coefficient (Wildman–Crippen LogP) is 3.37. The Labute approximate surface area is 177 Å². The van der Waals surface area contributed by atoms with Crippen molar-refractivity contribution in [3.05, 3.63) is 63.9 Å². The fourth-order valence-electron chi connectivity index (χ4n) is 3.07. The Balaban J connectivity index is 1.49. The number of carbonyl (C=O) groups is 1. The van der Waals surface area contributed by atoms with Crippen molar-refractivity contribution >= 4 is 46.3 Å². The van der Waals surface area contributed by atoms with Gasteiger partial charge in [0.1, 0.15) is 0 Å². The maximum Gasteiger partial charge on any atom is 0.266 e. The molecule has 0 saturated carbocycles. The van der Waals surface area contributed by atoms with Crippen LogP contribution < -0.4 is 10.2 Å². The minimum Gasteiger partial charge on any atom is -0.333 e. The van der Waals surface area contributed by atoms with Crippen molar-refractivity contribution in [3.63, 3.8) is 0 Å². The van der Waals surface area contributed by atoms with Crippen LogP contribution in [-0.2, 0) is 7.05 Å². The van der Waals surface area contributed by atoms with Crippen LogP contribution in [0, 0.1) is 0 Å². The summed E-state index contributed by atoms with van der Waals surface area (Å²) in [6, 6.07) is 9.09. The summed E-state index contributed by atoms with van der Waals surface area (Å²) in [5.74, 6) is 0.284. The normalized spacial score (nSPS) is 14.2. The van der Waals surface area contributed by atoms with E-state index >= 15 is 0 Å². The molecule has 0 fully saturated rings. The molecule has 0 unspecified atom stereocenters. The molecule has 8 nitrogen and oxygen atoms in total. The van der Waals surface area contributed by atoms with E-state index in [2.05, 4.69) is 25.7 Å². The molecule has 0 bridgehead atoms. The molecular weight excluding hydrogens is 413 g/mol. The molecule has 10 heteroatoms. The van der Waals surface area contributed by atoms with E-state index in [0.717, 1.165) is 22.7 Å². The van der Waals surface area contributed by atoms with Crippen LogP contribution >= 0.6 is 23.2 Å². The number of anilines is 2. The summed E-state index contributed by atoms with van der Waals surface area (Å²) in [5.41, 5.74) is 3.01. The molecule has 2 aromatic heterocycles. The summed E-state index contributed by atoms with van der Waals surface area (Å²) in [7, 11) is 1.73. The van der Waals surface area contributed by atoms with Gasteiger partial charge in [-0.2, -0.15) is 4.80 Å². The van der Waals surface area contributed by atoms with Gasteiger partial charge in [0.2, 0.25) is 0 Å². The van der Waals surface area contributed by atoms with Crippen LogP contribution in [0.15, 0.2) is 47.8 Å². The van der Waals surface area contributed by atoms with Gasteiger partial charge in [-0.3, -0.25) is 9.78 Å². The number of halogens is 2. The van der Waals surface area contributed by atoms with Crippen LogP contribution in [0.3, 0.4) is 0 Å². The third-order valence-corrected chi connectivity index (χ3v) is 5.28. The summed E-state index contributed by atoms with van der Waals surface area (Å²) >= 11 is 12.5. The van der Waals surface area contributed by atoms with Crippen molar-refractivity contribution in [2.75, 3.05) is 23.3 Å². The van der Waals surface area contributed by atoms with Crippen molar-refractivity contribution in [2.45, 2.75) is 6.42 Å². The third kappa shape index (κ3) is 4.23. The molecule has 0 radical (unpaired) electrons. The van der Waals surface area contributed by atoms with Gasteiger partial charge in [-0.05, 0) is 34.5 Å². The first-order valence-electron chi connectivity index (χ1n) is 8.89. The number of tetrazole rings is 1. The lowest BCUT2D eigenvalue weighted by Gasteiger charge is -2.28. The zero-order valence-corrected chi connectivity index (χ0v) is 17.0. The highest BCUT2D eigenvalue weighted by molar-refractivity contribution is 6.34. The molecule has 3 aromatic rings. The average molecular weight is 430 g/mol. The number of carbonyl (C=O) groups excluding carboxylic acids is 1. The quantitative estimate of drug-likeness (QED) is 0.683. The number of hydrogen-bond acceptors (Lipinski definition) is 6. The topological polar surface area (TPSA) is 88.8 Å². The Kier molecular flexibility index (Phi) is 5.46. The molecule has 4 rings (SSSR count). The zero-order chi connectivity index (χ0) is 20.4. The van der Waals surface area contributed by atoms with E-state index in [9.17, 15) is 4.79 Å². The number of nitrogens with zero attached hydrogens (tertiary/aromatic N) is 6. The van der Waals surface area contributed by atoms with E-state index < -0.39 is 0 Å². The van der Waals surface area contributed by atoms with Gasteiger partial charge in [-0.25, -0.2) is 0 Å². The first-order valence-corrected chi connectivity index (χ1v) is 9.64. The number of hydrogen-bond donors (Lipinski definition) is 1. The monoisotopic (exact) mass is 429 g/mol. The number of pyridine rings is 1. The van der Waals surface area contributed by atoms with Gasteiger partial charge in [0.15, 0.2) is 0 Å². The Hall–Kier alpha value is -2.97. The number of aryl methyl sites for hydroxylation is 1. The fourth-order valence-corrected chi connectivity index (χ4v) is 3.53. The van der Waals surface area contributed by atoms with E-state index in [1.54, 1.807) is 13.1 Å². The fraction of sp³-hybridized carbons (Fsp3) is 0.211. The van der Waals surface area contributed by atoms with Crippen molar-refractivity contribution in [1.82, 2.24) is 25.2 Å². The maximum absolute atomic E-state index is 12.4. The van der Waals surface area contributed by atoms with Crippen molar-refractivity contribution in [1.29, 1.82) is 0 Å². The summed E-state index contributed by atoms with van der Waals surface area (Å²) in [5, 5.41) is 16.2. The summed E-state index contributed by atoms with van der Waals surface area (Å²) in [6.07, 6.45) is 3.67. The molecule has 1 N–H and O–H groups in total. The lowest BCUT2D eigenvalue weighted by atomic mass is 10.0. The van der Waals surface area contributed by atoms with Crippen LogP contribution in [0.5, 0.6) is 0 Å². The second-order valence-corrected chi connectivity index (χ2v) is 7.38. The molecule has 29 heavy (non-hydrogen) atoms. The van der Waals surface area contributed by atoms with Crippen LogP contribution in [0.4, 0.5) is 11.6 Å². The molecule has 0 atom stereocenters. The Bertz CT molecular complexity index is 1080. The number of rotatable bonds is 4. The van der Waals surface area contributed by atoms with Crippen molar-refractivity contribution in [2.24, 2.45) is 7.05 Å². The van der Waals surface area contributed by atoms with Gasteiger partial charge in [-0.1, -0.05) is 40.4 Å². The van der Waals surface area contributed by atoms with E-state index in [0.29, 0.717) is 35.2 Å². The first kappa shape index (κ1) is 19.4. The molecule has 1 aromatic carbocycles. The molecule has 148 valence electrons. The second-order valence-electron chi connectivity index (χ2n) is 6.52. The molecule has 1 aliphatic rings. The van der Waals surface area contributed by atoms with Crippen LogP contribution in [0.1, 0.15) is 22.3 Å². The van der Waals surface area contributed by atoms with E-state index in [1.165, 1.54) is 17.2 Å². The first-order chi connectivity index (χ1) is 14.0. The van der Waals surface area contributed by atoms with E-state index in [-0.39, 0.29) is 5.91 Å².